The van der Waals surface area contributed by atoms with Gasteiger partial charge < -0.3 is 9.84 Å². The Kier molecular flexibility index (Phi) is 3.14. The number of carboxylic acids is 1. The van der Waals surface area contributed by atoms with E-state index in [4.69, 9.17) is 9.84 Å². The quantitative estimate of drug-likeness (QED) is 0.358. The van der Waals surface area contributed by atoms with Gasteiger partial charge in [0.1, 0.15) is 6.10 Å². The van der Waals surface area contributed by atoms with Gasteiger partial charge in [0.15, 0.2) is 0 Å². The van der Waals surface area contributed by atoms with Gasteiger partial charge in [-0.3, -0.25) is 0 Å². The van der Waals surface area contributed by atoms with Crippen LogP contribution in [0.2, 0.25) is 0 Å². The van der Waals surface area contributed by atoms with Crippen molar-refractivity contribution in [3.63, 3.8) is 0 Å². The Morgan fingerprint density at radius 1 is 1.54 bits per heavy atom. The number of epoxide rings is 1. The lowest BCUT2D eigenvalue weighted by Gasteiger charge is -1.70. The summed E-state index contributed by atoms with van der Waals surface area (Å²) < 4.78 is 5.01. The number of ether oxygens (including phenoxy) is 1. The highest BCUT2D eigenvalue weighted by Crippen LogP contribution is 2.18. The number of hydrogen-bond donors (Lipinski definition) is 1. The van der Waals surface area contributed by atoms with E-state index in [0.717, 1.165) is 6.08 Å². The van der Waals surface area contributed by atoms with Crippen LogP contribution >= 0.6 is 0 Å². The smallest absolute Gasteiger partial charge is 0.328 e. The monoisotopic (exact) mass is 176 g/mol. The first kappa shape index (κ1) is 9.38. The molecule has 0 radical (unpaired) electrons. The normalized spacial score (nSPS) is 24.1. The van der Waals surface area contributed by atoms with Crippen molar-refractivity contribution in [2.24, 2.45) is 0 Å². The van der Waals surface area contributed by atoms with Crippen LogP contribution in [0.5, 0.6) is 0 Å². The molecule has 1 N–H and O–H groups in total. The second-order valence-electron chi connectivity index (χ2n) is 2.47. The number of carbonyl (C=O) groups is 1. The van der Waals surface area contributed by atoms with Gasteiger partial charge in [0.2, 0.25) is 0 Å². The van der Waals surface area contributed by atoms with Crippen molar-refractivity contribution < 1.29 is 14.6 Å². The van der Waals surface area contributed by atoms with Crippen LogP contribution in [0.1, 0.15) is 6.92 Å². The van der Waals surface area contributed by atoms with E-state index in [0.29, 0.717) is 0 Å². The van der Waals surface area contributed by atoms with E-state index in [-0.39, 0.29) is 12.2 Å². The van der Waals surface area contributed by atoms with Crippen molar-refractivity contribution in [2.75, 3.05) is 0 Å². The minimum absolute atomic E-state index is 0.0118. The summed E-state index contributed by atoms with van der Waals surface area (Å²) >= 11 is 0. The molecule has 1 heterocycles. The topological polar surface area (TPSA) is 49.8 Å². The molecule has 66 valence electrons. The van der Waals surface area contributed by atoms with E-state index >= 15 is 0 Å². The molecule has 1 saturated heterocycles. The minimum atomic E-state index is -1.01. The first-order chi connectivity index (χ1) is 6.20. The summed E-state index contributed by atoms with van der Waals surface area (Å²) in [5.41, 5.74) is 0. The summed E-state index contributed by atoms with van der Waals surface area (Å²) in [6.45, 7) is 1.93. The highest BCUT2D eigenvalue weighted by atomic mass is 16.6. The van der Waals surface area contributed by atoms with Gasteiger partial charge in [-0.1, -0.05) is 11.8 Å². The fraction of sp³-hybridized carbons (Fsp3) is 0.300. The Morgan fingerprint density at radius 3 is 2.77 bits per heavy atom. The summed E-state index contributed by atoms with van der Waals surface area (Å²) in [4.78, 5) is 9.98. The molecule has 0 aliphatic carbocycles. The van der Waals surface area contributed by atoms with Gasteiger partial charge in [-0.25, -0.2) is 4.79 Å². The SMILES string of the molecule is CC1OC1C#CC#C/C=C\C(=O)O. The van der Waals surface area contributed by atoms with Crippen molar-refractivity contribution in [1.29, 1.82) is 0 Å². The van der Waals surface area contributed by atoms with Crippen LogP contribution in [0.3, 0.4) is 0 Å². The number of allylic oxidation sites excluding steroid dienone is 1. The molecular formula is C10H8O3. The van der Waals surface area contributed by atoms with E-state index in [1.54, 1.807) is 0 Å². The Hall–Kier alpha value is -1.71. The van der Waals surface area contributed by atoms with E-state index in [1.165, 1.54) is 6.08 Å². The summed E-state index contributed by atoms with van der Waals surface area (Å²) in [6.07, 6.45) is 2.43. The Labute approximate surface area is 76.4 Å². The predicted molar refractivity (Wildman–Crippen MR) is 46.7 cm³/mol. The van der Waals surface area contributed by atoms with Gasteiger partial charge in [0.05, 0.1) is 6.10 Å². The molecule has 1 aliphatic heterocycles. The summed E-state index contributed by atoms with van der Waals surface area (Å²) in [7, 11) is 0. The molecule has 1 fully saturated rings. The highest BCUT2D eigenvalue weighted by Gasteiger charge is 2.31. The predicted octanol–water partition coefficient (Wildman–Crippen LogP) is 0.421. The van der Waals surface area contributed by atoms with E-state index in [9.17, 15) is 4.79 Å². The lowest BCUT2D eigenvalue weighted by atomic mass is 10.3. The van der Waals surface area contributed by atoms with Crippen LogP contribution < -0.4 is 0 Å². The zero-order chi connectivity index (χ0) is 9.68. The van der Waals surface area contributed by atoms with Crippen molar-refractivity contribution in [2.45, 2.75) is 19.1 Å². The second kappa shape index (κ2) is 4.35. The molecule has 3 heteroatoms. The Morgan fingerprint density at radius 2 is 2.23 bits per heavy atom. The summed E-state index contributed by atoms with van der Waals surface area (Å²) in [5, 5.41) is 8.19. The minimum Gasteiger partial charge on any atom is -0.478 e. The molecule has 3 nitrogen and oxygen atoms in total. The summed E-state index contributed by atoms with van der Waals surface area (Å²) in [6, 6.07) is 0. The molecule has 0 bridgehead atoms. The third-order valence-electron chi connectivity index (χ3n) is 1.37. The molecule has 0 spiro atoms. The fourth-order valence-electron chi connectivity index (χ4n) is 0.635. The van der Waals surface area contributed by atoms with Gasteiger partial charge in [-0.05, 0) is 24.8 Å². The molecule has 2 unspecified atom stereocenters. The van der Waals surface area contributed by atoms with Crippen LogP contribution in [-0.2, 0) is 9.53 Å². The number of aliphatic carboxylic acids is 1. The van der Waals surface area contributed by atoms with Crippen molar-refractivity contribution in [3.05, 3.63) is 12.2 Å². The third kappa shape index (κ3) is 4.00. The third-order valence-corrected chi connectivity index (χ3v) is 1.37. The molecule has 2 atom stereocenters. The van der Waals surface area contributed by atoms with Crippen LogP contribution in [0.4, 0.5) is 0 Å². The summed E-state index contributed by atoms with van der Waals surface area (Å²) in [5.74, 6) is 9.29. The van der Waals surface area contributed by atoms with Crippen LogP contribution in [0.15, 0.2) is 12.2 Å². The van der Waals surface area contributed by atoms with Crippen LogP contribution in [-0.4, -0.2) is 23.3 Å². The maximum Gasteiger partial charge on any atom is 0.328 e. The largest absolute Gasteiger partial charge is 0.478 e. The molecule has 0 aromatic rings. The zero-order valence-corrected chi connectivity index (χ0v) is 7.07. The number of hydrogen-bond acceptors (Lipinski definition) is 2. The highest BCUT2D eigenvalue weighted by molar-refractivity contribution is 5.80. The average Bonchev–Trinajstić information content (AvgIpc) is 2.74. The van der Waals surface area contributed by atoms with Crippen molar-refractivity contribution in [3.8, 4) is 23.7 Å². The van der Waals surface area contributed by atoms with Gasteiger partial charge >= 0.3 is 5.97 Å². The fourth-order valence-corrected chi connectivity index (χ4v) is 0.635. The zero-order valence-electron chi connectivity index (χ0n) is 7.07. The maximum atomic E-state index is 9.98. The van der Waals surface area contributed by atoms with E-state index < -0.39 is 5.97 Å². The first-order valence-electron chi connectivity index (χ1n) is 3.76. The molecule has 0 aromatic carbocycles. The van der Waals surface area contributed by atoms with Crippen LogP contribution in [0.25, 0.3) is 0 Å². The molecule has 0 aromatic heterocycles. The average molecular weight is 176 g/mol. The number of carboxylic acid groups (broad SMARTS) is 1. The number of rotatable bonds is 1. The van der Waals surface area contributed by atoms with E-state index in [1.807, 2.05) is 6.92 Å². The molecule has 0 amide bonds. The standard InChI is InChI=1S/C10H8O3/c1-8-9(13-8)6-4-2-3-5-7-10(11)12/h5,7-9H,1H3,(H,11,12)/b7-5-. The van der Waals surface area contributed by atoms with E-state index in [2.05, 4.69) is 23.7 Å². The van der Waals surface area contributed by atoms with Crippen LogP contribution in [0, 0.1) is 23.7 Å². The molecule has 13 heavy (non-hydrogen) atoms. The Balaban J connectivity index is 2.30. The molecule has 1 aliphatic rings. The molecular weight excluding hydrogens is 168 g/mol. The lowest BCUT2D eigenvalue weighted by Crippen LogP contribution is -1.84. The Bertz CT molecular complexity index is 346. The maximum absolute atomic E-state index is 9.98. The molecule has 0 saturated carbocycles. The van der Waals surface area contributed by atoms with Gasteiger partial charge in [-0.2, -0.15) is 0 Å². The lowest BCUT2D eigenvalue weighted by molar-refractivity contribution is -0.131. The van der Waals surface area contributed by atoms with Crippen molar-refractivity contribution >= 4 is 5.97 Å². The molecule has 1 rings (SSSR count). The first-order valence-corrected chi connectivity index (χ1v) is 3.76. The van der Waals surface area contributed by atoms with Gasteiger partial charge in [0.25, 0.3) is 0 Å². The van der Waals surface area contributed by atoms with Gasteiger partial charge in [0, 0.05) is 6.08 Å². The second-order valence-corrected chi connectivity index (χ2v) is 2.47. The van der Waals surface area contributed by atoms with Crippen molar-refractivity contribution in [1.82, 2.24) is 0 Å². The van der Waals surface area contributed by atoms with Gasteiger partial charge in [-0.15, -0.1) is 0 Å².